The minimum Gasteiger partial charge on any atom is -0.337 e. The average Bonchev–Trinajstić information content (AvgIpc) is 3.14. The van der Waals surface area contributed by atoms with Gasteiger partial charge in [0, 0.05) is 25.2 Å². The number of amides is 1. The van der Waals surface area contributed by atoms with Crippen molar-refractivity contribution < 1.29 is 18.0 Å². The summed E-state index contributed by atoms with van der Waals surface area (Å²) in [6, 6.07) is 12.1. The van der Waals surface area contributed by atoms with Crippen LogP contribution in [0.2, 0.25) is 0 Å². The van der Waals surface area contributed by atoms with Crippen molar-refractivity contribution in [1.29, 1.82) is 0 Å². The zero-order valence-electron chi connectivity index (χ0n) is 14.2. The first-order valence-corrected chi connectivity index (χ1v) is 8.12. The lowest BCUT2D eigenvalue weighted by atomic mass is 9.97. The Morgan fingerprint density at radius 3 is 2.35 bits per heavy atom. The van der Waals surface area contributed by atoms with E-state index in [4.69, 9.17) is 0 Å². The van der Waals surface area contributed by atoms with Crippen LogP contribution in [0.1, 0.15) is 22.3 Å². The van der Waals surface area contributed by atoms with Gasteiger partial charge in [0.25, 0.3) is 5.91 Å². The molecular formula is C19H20ClF3N2O. The third-order valence-electron chi connectivity index (χ3n) is 4.58. The maximum absolute atomic E-state index is 12.9. The number of nitrogens with one attached hydrogen (secondary N) is 1. The van der Waals surface area contributed by atoms with E-state index in [-0.39, 0.29) is 24.4 Å². The maximum atomic E-state index is 12.9. The second-order valence-electron chi connectivity index (χ2n) is 6.18. The number of halogens is 4. The van der Waals surface area contributed by atoms with Gasteiger partial charge < -0.3 is 10.2 Å². The number of likely N-dealkylation sites (N-methyl/N-ethyl adjacent to an activating group) is 1. The molecule has 7 heteroatoms. The summed E-state index contributed by atoms with van der Waals surface area (Å²) in [6.07, 6.45) is -3.48. The molecule has 0 aliphatic carbocycles. The van der Waals surface area contributed by atoms with E-state index in [1.165, 1.54) is 12.1 Å². The van der Waals surface area contributed by atoms with Crippen molar-refractivity contribution in [1.82, 2.24) is 10.2 Å². The highest BCUT2D eigenvalue weighted by Gasteiger charge is 2.30. The Kier molecular flexibility index (Phi) is 6.31. The van der Waals surface area contributed by atoms with Crippen molar-refractivity contribution in [3.05, 3.63) is 59.7 Å². The van der Waals surface area contributed by atoms with Crippen LogP contribution >= 0.6 is 12.4 Å². The first kappa shape index (κ1) is 20.3. The van der Waals surface area contributed by atoms with Gasteiger partial charge in [0.1, 0.15) is 0 Å². The Bertz CT molecular complexity index is 756. The fourth-order valence-electron chi connectivity index (χ4n) is 3.09. The Labute approximate surface area is 156 Å². The predicted octanol–water partition coefficient (Wildman–Crippen LogP) is 4.23. The summed E-state index contributed by atoms with van der Waals surface area (Å²) in [5.74, 6) is -0.121. The molecule has 1 unspecified atom stereocenters. The topological polar surface area (TPSA) is 32.3 Å². The van der Waals surface area contributed by atoms with Crippen molar-refractivity contribution in [3.8, 4) is 11.1 Å². The molecule has 1 N–H and O–H groups in total. The van der Waals surface area contributed by atoms with Crippen LogP contribution in [0.15, 0.2) is 48.5 Å². The zero-order chi connectivity index (χ0) is 18.0. The van der Waals surface area contributed by atoms with Crippen molar-refractivity contribution in [2.75, 3.05) is 20.1 Å². The standard InChI is InChI=1S/C19H19F3N2O.ClH/c1-24(15-10-11-23-12-15)18(25)17-5-3-2-4-16(17)13-6-8-14(9-7-13)19(20,21)22;/h2-9,15,23H,10-12H2,1H3;1H. The fourth-order valence-corrected chi connectivity index (χ4v) is 3.09. The molecule has 140 valence electrons. The average molecular weight is 385 g/mol. The number of hydrogen-bond acceptors (Lipinski definition) is 2. The van der Waals surface area contributed by atoms with Crippen LogP contribution < -0.4 is 5.32 Å². The predicted molar refractivity (Wildman–Crippen MR) is 97.5 cm³/mol. The third kappa shape index (κ3) is 4.19. The summed E-state index contributed by atoms with van der Waals surface area (Å²) >= 11 is 0. The fraction of sp³-hybridized carbons (Fsp3) is 0.316. The van der Waals surface area contributed by atoms with Crippen LogP contribution in [-0.2, 0) is 6.18 Å². The molecule has 1 aliphatic rings. The lowest BCUT2D eigenvalue weighted by Gasteiger charge is -2.25. The summed E-state index contributed by atoms with van der Waals surface area (Å²) in [5, 5.41) is 3.23. The van der Waals surface area contributed by atoms with E-state index >= 15 is 0 Å². The van der Waals surface area contributed by atoms with Gasteiger partial charge in [-0.2, -0.15) is 13.2 Å². The Morgan fingerprint density at radius 2 is 1.77 bits per heavy atom. The first-order chi connectivity index (χ1) is 11.9. The number of hydrogen-bond donors (Lipinski definition) is 1. The molecule has 0 spiro atoms. The molecule has 2 aromatic rings. The van der Waals surface area contributed by atoms with E-state index in [0.717, 1.165) is 31.6 Å². The number of benzene rings is 2. The van der Waals surface area contributed by atoms with E-state index in [2.05, 4.69) is 5.32 Å². The van der Waals surface area contributed by atoms with E-state index in [0.29, 0.717) is 16.7 Å². The van der Waals surface area contributed by atoms with Crippen LogP contribution in [0, 0.1) is 0 Å². The van der Waals surface area contributed by atoms with E-state index in [1.807, 2.05) is 0 Å². The molecule has 1 atom stereocenters. The second-order valence-corrected chi connectivity index (χ2v) is 6.18. The number of carbonyl (C=O) groups is 1. The van der Waals surface area contributed by atoms with Gasteiger partial charge in [-0.15, -0.1) is 12.4 Å². The molecule has 1 fully saturated rings. The first-order valence-electron chi connectivity index (χ1n) is 8.12. The van der Waals surface area contributed by atoms with Gasteiger partial charge in [-0.05, 0) is 42.3 Å². The molecule has 3 nitrogen and oxygen atoms in total. The largest absolute Gasteiger partial charge is 0.416 e. The van der Waals surface area contributed by atoms with Gasteiger partial charge in [-0.3, -0.25) is 4.79 Å². The van der Waals surface area contributed by atoms with Gasteiger partial charge >= 0.3 is 6.18 Å². The highest BCUT2D eigenvalue weighted by molar-refractivity contribution is 6.01. The van der Waals surface area contributed by atoms with Gasteiger partial charge in [-0.25, -0.2) is 0 Å². The SMILES string of the molecule is CN(C(=O)c1ccccc1-c1ccc(C(F)(F)F)cc1)C1CCNC1.Cl. The molecule has 2 aromatic carbocycles. The van der Waals surface area contributed by atoms with E-state index in [1.54, 1.807) is 36.2 Å². The summed E-state index contributed by atoms with van der Waals surface area (Å²) in [4.78, 5) is 14.6. The van der Waals surface area contributed by atoms with Crippen molar-refractivity contribution >= 4 is 18.3 Å². The second kappa shape index (κ2) is 8.10. The smallest absolute Gasteiger partial charge is 0.337 e. The Balaban J connectivity index is 0.00000243. The quantitative estimate of drug-likeness (QED) is 0.859. The van der Waals surface area contributed by atoms with Crippen molar-refractivity contribution in [2.45, 2.75) is 18.6 Å². The van der Waals surface area contributed by atoms with Gasteiger partial charge in [0.05, 0.1) is 5.56 Å². The summed E-state index contributed by atoms with van der Waals surface area (Å²) in [6.45, 7) is 1.63. The van der Waals surface area contributed by atoms with Crippen molar-refractivity contribution in [3.63, 3.8) is 0 Å². The third-order valence-corrected chi connectivity index (χ3v) is 4.58. The Hall–Kier alpha value is -2.05. The monoisotopic (exact) mass is 384 g/mol. The molecule has 26 heavy (non-hydrogen) atoms. The minimum atomic E-state index is -4.37. The highest BCUT2D eigenvalue weighted by Crippen LogP contribution is 2.32. The number of rotatable bonds is 3. The zero-order valence-corrected chi connectivity index (χ0v) is 15.0. The summed E-state index contributed by atoms with van der Waals surface area (Å²) in [7, 11) is 1.77. The molecule has 1 amide bonds. The lowest BCUT2D eigenvalue weighted by molar-refractivity contribution is -0.137. The normalized spacial score (nSPS) is 16.8. The van der Waals surface area contributed by atoms with Gasteiger partial charge in [0.2, 0.25) is 0 Å². The maximum Gasteiger partial charge on any atom is 0.416 e. The molecule has 3 rings (SSSR count). The molecule has 0 aromatic heterocycles. The number of alkyl halides is 3. The van der Waals surface area contributed by atoms with E-state index < -0.39 is 11.7 Å². The highest BCUT2D eigenvalue weighted by atomic mass is 35.5. The van der Waals surface area contributed by atoms with Gasteiger partial charge in [0.15, 0.2) is 0 Å². The molecule has 1 heterocycles. The van der Waals surface area contributed by atoms with Crippen LogP contribution in [-0.4, -0.2) is 37.0 Å². The molecule has 0 saturated carbocycles. The molecule has 1 saturated heterocycles. The Morgan fingerprint density at radius 1 is 1.12 bits per heavy atom. The lowest BCUT2D eigenvalue weighted by Crippen LogP contribution is -2.38. The minimum absolute atomic E-state index is 0. The van der Waals surface area contributed by atoms with Crippen LogP contribution in [0.25, 0.3) is 11.1 Å². The summed E-state index contributed by atoms with van der Waals surface area (Å²) in [5.41, 5.74) is 1.03. The van der Waals surface area contributed by atoms with E-state index in [9.17, 15) is 18.0 Å². The molecular weight excluding hydrogens is 365 g/mol. The van der Waals surface area contributed by atoms with Crippen LogP contribution in [0.4, 0.5) is 13.2 Å². The van der Waals surface area contributed by atoms with Crippen LogP contribution in [0.3, 0.4) is 0 Å². The number of nitrogens with zero attached hydrogens (tertiary/aromatic N) is 1. The molecule has 0 bridgehead atoms. The number of carbonyl (C=O) groups excluding carboxylic acids is 1. The summed E-state index contributed by atoms with van der Waals surface area (Å²) < 4.78 is 38.2. The van der Waals surface area contributed by atoms with Crippen molar-refractivity contribution in [2.24, 2.45) is 0 Å². The van der Waals surface area contributed by atoms with Crippen LogP contribution in [0.5, 0.6) is 0 Å². The van der Waals surface area contributed by atoms with Gasteiger partial charge in [-0.1, -0.05) is 30.3 Å². The molecule has 0 radical (unpaired) electrons. The molecule has 1 aliphatic heterocycles.